The maximum absolute atomic E-state index is 14.2. The third-order valence-electron chi connectivity index (χ3n) is 3.15. The van der Waals surface area contributed by atoms with Gasteiger partial charge in [0.05, 0.1) is 17.3 Å². The van der Waals surface area contributed by atoms with Crippen molar-refractivity contribution in [3.63, 3.8) is 0 Å². The van der Waals surface area contributed by atoms with E-state index >= 15 is 0 Å². The van der Waals surface area contributed by atoms with Gasteiger partial charge in [0.15, 0.2) is 11.6 Å². The summed E-state index contributed by atoms with van der Waals surface area (Å²) in [5.74, 6) is -0.949. The van der Waals surface area contributed by atoms with Crippen LogP contribution in [0.1, 0.15) is 18.9 Å². The Bertz CT molecular complexity index is 608. The highest BCUT2D eigenvalue weighted by atomic mass is 35.5. The van der Waals surface area contributed by atoms with Gasteiger partial charge < -0.3 is 9.84 Å². The summed E-state index contributed by atoms with van der Waals surface area (Å²) in [4.78, 5) is 11.2. The zero-order valence-electron chi connectivity index (χ0n) is 12.0. The lowest BCUT2D eigenvalue weighted by molar-refractivity contribution is -0.121. The Hall–Kier alpha value is -1.92. The van der Waals surface area contributed by atoms with E-state index in [4.69, 9.17) is 21.4 Å². The van der Waals surface area contributed by atoms with E-state index in [0.29, 0.717) is 17.7 Å². The van der Waals surface area contributed by atoms with Crippen molar-refractivity contribution in [2.75, 3.05) is 13.2 Å². The largest absolute Gasteiger partial charge is 0.485 e. The molecule has 0 aromatic heterocycles. The Kier molecular flexibility index (Phi) is 5.51. The van der Waals surface area contributed by atoms with Gasteiger partial charge in [-0.15, -0.1) is 0 Å². The molecule has 2 N–H and O–H groups in total. The molecule has 22 heavy (non-hydrogen) atoms. The van der Waals surface area contributed by atoms with Crippen LogP contribution in [0.2, 0.25) is 5.02 Å². The van der Waals surface area contributed by atoms with Gasteiger partial charge in [-0.1, -0.05) is 24.6 Å². The number of halogens is 2. The first-order chi connectivity index (χ1) is 10.5. The topological polar surface area (TPSA) is 70.9 Å². The monoisotopic (exact) mass is 326 g/mol. The summed E-state index contributed by atoms with van der Waals surface area (Å²) < 4.78 is 19.4. The Morgan fingerprint density at radius 3 is 2.95 bits per heavy atom. The number of nitrogens with zero attached hydrogens (tertiary/aromatic N) is 1. The number of aliphatic hydroxyl groups excluding tert-OH is 1. The molecule has 1 heterocycles. The summed E-state index contributed by atoms with van der Waals surface area (Å²) in [5.41, 5.74) is 3.47. The van der Waals surface area contributed by atoms with Gasteiger partial charge >= 0.3 is 0 Å². The van der Waals surface area contributed by atoms with Gasteiger partial charge in [0, 0.05) is 17.9 Å². The molecular weight excluding hydrogens is 311 g/mol. The van der Waals surface area contributed by atoms with Gasteiger partial charge in [-0.05, 0) is 18.2 Å². The molecule has 2 rings (SSSR count). The van der Waals surface area contributed by atoms with Crippen LogP contribution >= 0.6 is 11.6 Å². The minimum absolute atomic E-state index is 0.0545. The number of rotatable bonds is 5. The van der Waals surface area contributed by atoms with Crippen molar-refractivity contribution in [3.05, 3.63) is 40.7 Å². The first kappa shape index (κ1) is 16.5. The second-order valence-electron chi connectivity index (χ2n) is 4.87. The summed E-state index contributed by atoms with van der Waals surface area (Å²) in [6.45, 7) is 1.83. The molecule has 0 radical (unpaired) electrons. The predicted octanol–water partition coefficient (Wildman–Crippen LogP) is 2.27. The quantitative estimate of drug-likeness (QED) is 0.815. The summed E-state index contributed by atoms with van der Waals surface area (Å²) in [7, 11) is 0. The fourth-order valence-electron chi connectivity index (χ4n) is 2.12. The number of ether oxygens (including phenoxy) is 1. The lowest BCUT2D eigenvalue weighted by Gasteiger charge is -2.20. The van der Waals surface area contributed by atoms with E-state index in [0.717, 1.165) is 0 Å². The molecule has 1 unspecified atom stereocenters. The van der Waals surface area contributed by atoms with E-state index in [2.05, 4.69) is 10.5 Å². The predicted molar refractivity (Wildman–Crippen MR) is 81.6 cm³/mol. The molecule has 0 saturated carbocycles. The molecule has 0 aliphatic carbocycles. The summed E-state index contributed by atoms with van der Waals surface area (Å²) in [5, 5.41) is 12.7. The summed E-state index contributed by atoms with van der Waals surface area (Å²) in [6.07, 6.45) is 3.34. The third-order valence-corrected chi connectivity index (χ3v) is 3.43. The summed E-state index contributed by atoms with van der Waals surface area (Å²) in [6, 6.07) is 2.84. The van der Waals surface area contributed by atoms with E-state index in [9.17, 15) is 9.18 Å². The standard InChI is InChI=1S/C15H16ClFN2O3/c1-9-6-13(21)18-19-14(9)10-7-11(16)15(12(17)8-10)22-5-3-2-4-20/h2-3,7-9,20H,4-6H2,1H3,(H,18,21)/b3-2-. The van der Waals surface area contributed by atoms with Gasteiger partial charge in [-0.2, -0.15) is 5.10 Å². The molecule has 0 bridgehead atoms. The molecule has 0 fully saturated rings. The number of aliphatic hydroxyl groups is 1. The number of hydrogen-bond donors (Lipinski definition) is 2. The summed E-state index contributed by atoms with van der Waals surface area (Å²) >= 11 is 6.06. The van der Waals surface area contributed by atoms with Gasteiger partial charge in [0.1, 0.15) is 6.61 Å². The van der Waals surface area contributed by atoms with Gasteiger partial charge in [-0.25, -0.2) is 9.82 Å². The second kappa shape index (κ2) is 7.38. The molecule has 0 spiro atoms. The molecule has 1 aliphatic rings. The Morgan fingerprint density at radius 2 is 2.32 bits per heavy atom. The van der Waals surface area contributed by atoms with E-state index < -0.39 is 5.82 Å². The van der Waals surface area contributed by atoms with E-state index in [1.165, 1.54) is 12.1 Å². The molecule has 1 amide bonds. The Balaban J connectivity index is 2.22. The van der Waals surface area contributed by atoms with Crippen molar-refractivity contribution < 1.29 is 19.0 Å². The highest BCUT2D eigenvalue weighted by Gasteiger charge is 2.23. The molecule has 118 valence electrons. The van der Waals surface area contributed by atoms with Gasteiger partial charge in [0.25, 0.3) is 0 Å². The third kappa shape index (κ3) is 3.84. The highest BCUT2D eigenvalue weighted by Crippen LogP contribution is 2.31. The number of nitrogens with one attached hydrogen (secondary N) is 1. The second-order valence-corrected chi connectivity index (χ2v) is 5.28. The maximum Gasteiger partial charge on any atom is 0.240 e. The van der Waals surface area contributed by atoms with Crippen LogP contribution in [-0.4, -0.2) is 29.9 Å². The van der Waals surface area contributed by atoms with Crippen LogP contribution in [0.5, 0.6) is 5.75 Å². The Labute approximate surface area is 132 Å². The fourth-order valence-corrected chi connectivity index (χ4v) is 2.38. The molecular formula is C15H16ClFN2O3. The number of hydrazone groups is 1. The van der Waals surface area contributed by atoms with Crippen molar-refractivity contribution in [2.45, 2.75) is 13.3 Å². The van der Waals surface area contributed by atoms with Crippen molar-refractivity contribution >= 4 is 23.2 Å². The molecule has 7 heteroatoms. The van der Waals surface area contributed by atoms with Crippen LogP contribution < -0.4 is 10.2 Å². The van der Waals surface area contributed by atoms with Crippen molar-refractivity contribution in [2.24, 2.45) is 11.0 Å². The van der Waals surface area contributed by atoms with E-state index in [1.807, 2.05) is 6.92 Å². The first-order valence-electron chi connectivity index (χ1n) is 6.77. The lowest BCUT2D eigenvalue weighted by Crippen LogP contribution is -2.32. The first-order valence-corrected chi connectivity index (χ1v) is 7.15. The number of amides is 1. The zero-order valence-corrected chi connectivity index (χ0v) is 12.7. The number of benzene rings is 1. The van der Waals surface area contributed by atoms with Crippen LogP contribution in [0.3, 0.4) is 0 Å². The van der Waals surface area contributed by atoms with Crippen molar-refractivity contribution in [1.82, 2.24) is 5.43 Å². The number of hydrogen-bond acceptors (Lipinski definition) is 4. The molecule has 5 nitrogen and oxygen atoms in total. The van der Waals surface area contributed by atoms with Crippen LogP contribution in [0.25, 0.3) is 0 Å². The number of carbonyl (C=O) groups excluding carboxylic acids is 1. The zero-order chi connectivity index (χ0) is 16.1. The molecule has 1 aromatic carbocycles. The number of carbonyl (C=O) groups is 1. The minimum Gasteiger partial charge on any atom is -0.485 e. The molecule has 0 saturated heterocycles. The van der Waals surface area contributed by atoms with Crippen LogP contribution in [0, 0.1) is 11.7 Å². The van der Waals surface area contributed by atoms with E-state index in [1.54, 1.807) is 12.1 Å². The highest BCUT2D eigenvalue weighted by molar-refractivity contribution is 6.32. The van der Waals surface area contributed by atoms with Gasteiger partial charge in [0.2, 0.25) is 5.91 Å². The van der Waals surface area contributed by atoms with Gasteiger partial charge in [-0.3, -0.25) is 4.79 Å². The minimum atomic E-state index is -0.605. The molecule has 1 aliphatic heterocycles. The normalized spacial score (nSPS) is 18.3. The average Bonchev–Trinajstić information content (AvgIpc) is 2.45. The maximum atomic E-state index is 14.2. The van der Waals surface area contributed by atoms with Crippen LogP contribution in [0.4, 0.5) is 4.39 Å². The molecule has 1 atom stereocenters. The lowest BCUT2D eigenvalue weighted by atomic mass is 9.94. The van der Waals surface area contributed by atoms with Crippen molar-refractivity contribution in [3.8, 4) is 5.75 Å². The Morgan fingerprint density at radius 1 is 1.55 bits per heavy atom. The SMILES string of the molecule is CC1CC(=O)NN=C1c1cc(F)c(OC/C=C\CO)c(Cl)c1. The molecule has 1 aromatic rings. The fraction of sp³-hybridized carbons (Fsp3) is 0.333. The van der Waals surface area contributed by atoms with E-state index in [-0.39, 0.29) is 35.8 Å². The smallest absolute Gasteiger partial charge is 0.240 e. The average molecular weight is 327 g/mol. The van der Waals surface area contributed by atoms with Crippen molar-refractivity contribution in [1.29, 1.82) is 0 Å². The van der Waals surface area contributed by atoms with Crippen LogP contribution in [0.15, 0.2) is 29.4 Å². The van der Waals surface area contributed by atoms with Crippen LogP contribution in [-0.2, 0) is 4.79 Å².